The summed E-state index contributed by atoms with van der Waals surface area (Å²) in [5.74, 6) is -1.58. The van der Waals surface area contributed by atoms with E-state index in [0.717, 1.165) is 0 Å². The number of Topliss-reactive ketones (excluding diaryl/α,β-unsaturated/α-hetero) is 1. The van der Waals surface area contributed by atoms with Crippen molar-refractivity contribution in [2.75, 3.05) is 0 Å². The van der Waals surface area contributed by atoms with Crippen LogP contribution in [-0.4, -0.2) is 16.9 Å². The molecule has 0 bridgehead atoms. The Kier molecular flexibility index (Phi) is 4.59. The highest BCUT2D eigenvalue weighted by Crippen LogP contribution is 2.18. The molecule has 0 spiro atoms. The van der Waals surface area contributed by atoms with E-state index in [1.165, 1.54) is 12.1 Å². The van der Waals surface area contributed by atoms with Crippen LogP contribution < -0.4 is 0 Å². The third-order valence-corrected chi connectivity index (χ3v) is 2.82. The fourth-order valence-electron chi connectivity index (χ4n) is 1.91. The van der Waals surface area contributed by atoms with Crippen molar-refractivity contribution in [1.82, 2.24) is 0 Å². The molecule has 1 aromatic carbocycles. The smallest absolute Gasteiger partial charge is 0.303 e. The largest absolute Gasteiger partial charge is 0.481 e. The average molecular weight is 252 g/mol. The van der Waals surface area contributed by atoms with Gasteiger partial charge < -0.3 is 5.11 Å². The van der Waals surface area contributed by atoms with Gasteiger partial charge in [0.1, 0.15) is 5.82 Å². The Labute approximate surface area is 106 Å². The first-order valence-electron chi connectivity index (χ1n) is 5.83. The summed E-state index contributed by atoms with van der Waals surface area (Å²) in [6, 6.07) is 3.02. The van der Waals surface area contributed by atoms with E-state index in [1.807, 2.05) is 0 Å². The van der Waals surface area contributed by atoms with Gasteiger partial charge in [-0.2, -0.15) is 0 Å². The van der Waals surface area contributed by atoms with Crippen LogP contribution in [0.25, 0.3) is 0 Å². The molecule has 18 heavy (non-hydrogen) atoms. The second-order valence-electron chi connectivity index (χ2n) is 4.75. The number of halogens is 1. The van der Waals surface area contributed by atoms with Gasteiger partial charge in [0.2, 0.25) is 0 Å². The van der Waals surface area contributed by atoms with Gasteiger partial charge in [-0.05, 0) is 43.0 Å². The Hall–Kier alpha value is -1.71. The van der Waals surface area contributed by atoms with Crippen LogP contribution in [0.15, 0.2) is 12.1 Å². The van der Waals surface area contributed by atoms with Crippen molar-refractivity contribution in [3.05, 3.63) is 34.6 Å². The van der Waals surface area contributed by atoms with Crippen LogP contribution in [0.5, 0.6) is 0 Å². The standard InChI is InChI=1S/C14H17FO3/c1-8(5-13(17)18)4-12(16)11-6-9(2)14(15)10(3)7-11/h6-8H,4-5H2,1-3H3,(H,17,18). The van der Waals surface area contributed by atoms with E-state index in [-0.39, 0.29) is 30.4 Å². The van der Waals surface area contributed by atoms with Gasteiger partial charge in [0.25, 0.3) is 0 Å². The number of carbonyl (C=O) groups excluding carboxylic acids is 1. The molecule has 1 aromatic rings. The lowest BCUT2D eigenvalue weighted by atomic mass is 9.95. The van der Waals surface area contributed by atoms with Gasteiger partial charge >= 0.3 is 5.97 Å². The topological polar surface area (TPSA) is 54.4 Å². The first-order chi connectivity index (χ1) is 8.31. The Morgan fingerprint density at radius 2 is 1.72 bits per heavy atom. The maximum atomic E-state index is 13.4. The van der Waals surface area contributed by atoms with Crippen LogP contribution in [-0.2, 0) is 4.79 Å². The summed E-state index contributed by atoms with van der Waals surface area (Å²) in [5.41, 5.74) is 1.32. The molecular weight excluding hydrogens is 235 g/mol. The number of aryl methyl sites for hydroxylation is 2. The lowest BCUT2D eigenvalue weighted by molar-refractivity contribution is -0.137. The quantitative estimate of drug-likeness (QED) is 0.819. The Morgan fingerprint density at radius 3 is 2.17 bits per heavy atom. The SMILES string of the molecule is Cc1cc(C(=O)CC(C)CC(=O)O)cc(C)c1F. The predicted octanol–water partition coefficient (Wildman–Crippen LogP) is 3.13. The van der Waals surface area contributed by atoms with Crippen LogP contribution >= 0.6 is 0 Å². The Bertz CT molecular complexity index is 457. The van der Waals surface area contributed by atoms with Gasteiger partial charge in [-0.3, -0.25) is 9.59 Å². The molecule has 0 fully saturated rings. The van der Waals surface area contributed by atoms with E-state index in [1.54, 1.807) is 20.8 Å². The lowest BCUT2D eigenvalue weighted by Gasteiger charge is -2.09. The maximum Gasteiger partial charge on any atom is 0.303 e. The van der Waals surface area contributed by atoms with Crippen molar-refractivity contribution in [3.8, 4) is 0 Å². The van der Waals surface area contributed by atoms with Crippen molar-refractivity contribution < 1.29 is 19.1 Å². The molecule has 0 amide bonds. The number of hydrogen-bond acceptors (Lipinski definition) is 2. The summed E-state index contributed by atoms with van der Waals surface area (Å²) in [5, 5.41) is 8.63. The monoisotopic (exact) mass is 252 g/mol. The Morgan fingerprint density at radius 1 is 1.22 bits per heavy atom. The van der Waals surface area contributed by atoms with E-state index >= 15 is 0 Å². The van der Waals surface area contributed by atoms with Gasteiger partial charge in [0, 0.05) is 18.4 Å². The fraction of sp³-hybridized carbons (Fsp3) is 0.429. The highest BCUT2D eigenvalue weighted by molar-refractivity contribution is 5.96. The second-order valence-corrected chi connectivity index (χ2v) is 4.75. The summed E-state index contributed by atoms with van der Waals surface area (Å²) in [7, 11) is 0. The number of benzene rings is 1. The van der Waals surface area contributed by atoms with Crippen LogP contribution in [0.3, 0.4) is 0 Å². The molecular formula is C14H17FO3. The number of hydrogen-bond donors (Lipinski definition) is 1. The van der Waals surface area contributed by atoms with E-state index in [0.29, 0.717) is 16.7 Å². The zero-order valence-electron chi connectivity index (χ0n) is 10.8. The number of ketones is 1. The first-order valence-corrected chi connectivity index (χ1v) is 5.83. The van der Waals surface area contributed by atoms with Crippen LogP contribution in [0.2, 0.25) is 0 Å². The van der Waals surface area contributed by atoms with Gasteiger partial charge in [-0.15, -0.1) is 0 Å². The molecule has 1 N–H and O–H groups in total. The highest BCUT2D eigenvalue weighted by atomic mass is 19.1. The summed E-state index contributed by atoms with van der Waals surface area (Å²) >= 11 is 0. The molecule has 0 aromatic heterocycles. The van der Waals surface area contributed by atoms with Crippen molar-refractivity contribution in [3.63, 3.8) is 0 Å². The number of aliphatic carboxylic acids is 1. The van der Waals surface area contributed by atoms with Gasteiger partial charge in [0.15, 0.2) is 5.78 Å². The molecule has 4 heteroatoms. The average Bonchev–Trinajstić information content (AvgIpc) is 2.23. The molecule has 0 heterocycles. The van der Waals surface area contributed by atoms with Crippen molar-refractivity contribution in [2.45, 2.75) is 33.6 Å². The summed E-state index contributed by atoms with van der Waals surface area (Å²) in [6.45, 7) is 4.94. The molecule has 1 atom stereocenters. The minimum Gasteiger partial charge on any atom is -0.481 e. The van der Waals surface area contributed by atoms with Crippen LogP contribution in [0, 0.1) is 25.6 Å². The molecule has 0 aliphatic heterocycles. The second kappa shape index (κ2) is 5.76. The molecule has 0 radical (unpaired) electrons. The van der Waals surface area contributed by atoms with Crippen molar-refractivity contribution in [1.29, 1.82) is 0 Å². The van der Waals surface area contributed by atoms with E-state index in [2.05, 4.69) is 0 Å². The lowest BCUT2D eigenvalue weighted by Crippen LogP contribution is -2.11. The zero-order chi connectivity index (χ0) is 13.9. The van der Waals surface area contributed by atoms with Gasteiger partial charge in [0.05, 0.1) is 0 Å². The molecule has 3 nitrogen and oxygen atoms in total. The van der Waals surface area contributed by atoms with Crippen molar-refractivity contribution >= 4 is 11.8 Å². The van der Waals surface area contributed by atoms with Gasteiger partial charge in [-0.1, -0.05) is 6.92 Å². The summed E-state index contributed by atoms with van der Waals surface area (Å²) < 4.78 is 13.4. The van der Waals surface area contributed by atoms with Crippen LogP contribution in [0.1, 0.15) is 41.3 Å². The Balaban J connectivity index is 2.82. The molecule has 0 saturated carbocycles. The van der Waals surface area contributed by atoms with Crippen LogP contribution in [0.4, 0.5) is 4.39 Å². The molecule has 0 aliphatic rings. The zero-order valence-corrected chi connectivity index (χ0v) is 10.8. The van der Waals surface area contributed by atoms with E-state index < -0.39 is 5.97 Å². The fourth-order valence-corrected chi connectivity index (χ4v) is 1.91. The third-order valence-electron chi connectivity index (χ3n) is 2.82. The number of rotatable bonds is 5. The molecule has 0 saturated heterocycles. The molecule has 1 rings (SSSR count). The van der Waals surface area contributed by atoms with E-state index in [4.69, 9.17) is 5.11 Å². The first kappa shape index (κ1) is 14.4. The van der Waals surface area contributed by atoms with Gasteiger partial charge in [-0.25, -0.2) is 4.39 Å². The molecule has 0 aliphatic carbocycles. The van der Waals surface area contributed by atoms with E-state index in [9.17, 15) is 14.0 Å². The molecule has 1 unspecified atom stereocenters. The summed E-state index contributed by atoms with van der Waals surface area (Å²) in [6.07, 6.45) is 0.127. The predicted molar refractivity (Wildman–Crippen MR) is 66.2 cm³/mol. The normalized spacial score (nSPS) is 12.2. The van der Waals surface area contributed by atoms with Crippen molar-refractivity contribution in [2.24, 2.45) is 5.92 Å². The highest BCUT2D eigenvalue weighted by Gasteiger charge is 2.15. The number of carbonyl (C=O) groups is 2. The third kappa shape index (κ3) is 3.65. The number of carboxylic acids is 1. The maximum absolute atomic E-state index is 13.4. The summed E-state index contributed by atoms with van der Waals surface area (Å²) in [4.78, 5) is 22.5. The minimum absolute atomic E-state index is 0.0368. The molecule has 98 valence electrons. The number of carboxylic acid groups (broad SMARTS) is 1. The minimum atomic E-state index is -0.915.